The Bertz CT molecular complexity index is 423. The Balaban J connectivity index is 2.01. The Kier molecular flexibility index (Phi) is 2.62. The van der Waals surface area contributed by atoms with Crippen LogP contribution in [0.2, 0.25) is 0 Å². The maximum Gasteiger partial charge on any atom is 0.119 e. The van der Waals surface area contributed by atoms with Gasteiger partial charge in [-0.05, 0) is 66.8 Å². The third-order valence-electron chi connectivity index (χ3n) is 4.73. The van der Waals surface area contributed by atoms with Crippen LogP contribution in [0.1, 0.15) is 49.1 Å². The molecule has 1 saturated carbocycles. The third kappa shape index (κ3) is 1.58. The normalized spacial score (nSPS) is 24.5. The zero-order chi connectivity index (χ0) is 11.9. The summed E-state index contributed by atoms with van der Waals surface area (Å²) in [6.07, 6.45) is 6.55. The summed E-state index contributed by atoms with van der Waals surface area (Å²) in [5.41, 5.74) is 9.35. The van der Waals surface area contributed by atoms with Crippen LogP contribution in [-0.2, 0) is 5.41 Å². The van der Waals surface area contributed by atoms with Crippen molar-refractivity contribution in [1.29, 1.82) is 0 Å². The molecular formula is C15H21NO. The quantitative estimate of drug-likeness (QED) is 0.868. The molecule has 0 radical (unpaired) electrons. The van der Waals surface area contributed by atoms with Gasteiger partial charge in [-0.2, -0.15) is 0 Å². The zero-order valence-electron chi connectivity index (χ0n) is 10.5. The van der Waals surface area contributed by atoms with E-state index in [1.807, 2.05) is 0 Å². The summed E-state index contributed by atoms with van der Waals surface area (Å²) in [5.74, 6) is 1.65. The Hall–Kier alpha value is -1.02. The van der Waals surface area contributed by atoms with Gasteiger partial charge in [0.15, 0.2) is 0 Å². The fraction of sp³-hybridized carbons (Fsp3) is 0.600. The smallest absolute Gasteiger partial charge is 0.119 e. The SMILES string of the molecule is COc1ccc2c(c1)C(CCN)CC21CCC1. The Morgan fingerprint density at radius 3 is 2.82 bits per heavy atom. The van der Waals surface area contributed by atoms with Crippen LogP contribution in [0.15, 0.2) is 18.2 Å². The second-order valence-electron chi connectivity index (χ2n) is 5.57. The minimum atomic E-state index is 0.501. The van der Waals surface area contributed by atoms with Gasteiger partial charge in [0.1, 0.15) is 5.75 Å². The minimum absolute atomic E-state index is 0.501. The van der Waals surface area contributed by atoms with E-state index in [-0.39, 0.29) is 0 Å². The Morgan fingerprint density at radius 1 is 1.41 bits per heavy atom. The molecule has 2 aliphatic rings. The van der Waals surface area contributed by atoms with E-state index in [1.165, 1.54) is 31.2 Å². The van der Waals surface area contributed by atoms with Gasteiger partial charge in [0, 0.05) is 0 Å². The van der Waals surface area contributed by atoms with Crippen LogP contribution in [0.5, 0.6) is 5.75 Å². The molecule has 1 aromatic carbocycles. The number of benzene rings is 1. The largest absolute Gasteiger partial charge is 0.497 e. The number of hydrogen-bond donors (Lipinski definition) is 1. The first-order chi connectivity index (χ1) is 8.29. The number of fused-ring (bicyclic) bond motifs is 2. The summed E-state index contributed by atoms with van der Waals surface area (Å²) >= 11 is 0. The van der Waals surface area contributed by atoms with Gasteiger partial charge in [0.2, 0.25) is 0 Å². The summed E-state index contributed by atoms with van der Waals surface area (Å²) in [7, 11) is 1.74. The summed E-state index contributed by atoms with van der Waals surface area (Å²) in [4.78, 5) is 0. The molecule has 0 aliphatic heterocycles. The van der Waals surface area contributed by atoms with Crippen LogP contribution in [0.25, 0.3) is 0 Å². The van der Waals surface area contributed by atoms with Crippen LogP contribution >= 0.6 is 0 Å². The van der Waals surface area contributed by atoms with E-state index in [0.717, 1.165) is 18.7 Å². The zero-order valence-corrected chi connectivity index (χ0v) is 10.5. The monoisotopic (exact) mass is 231 g/mol. The van der Waals surface area contributed by atoms with E-state index < -0.39 is 0 Å². The van der Waals surface area contributed by atoms with Crippen molar-refractivity contribution in [2.45, 2.75) is 43.4 Å². The van der Waals surface area contributed by atoms with E-state index in [9.17, 15) is 0 Å². The van der Waals surface area contributed by atoms with Crippen molar-refractivity contribution in [3.05, 3.63) is 29.3 Å². The van der Waals surface area contributed by atoms with Crippen molar-refractivity contribution in [2.75, 3.05) is 13.7 Å². The van der Waals surface area contributed by atoms with Gasteiger partial charge >= 0.3 is 0 Å². The summed E-state index contributed by atoms with van der Waals surface area (Å²) in [6.45, 7) is 0.789. The fourth-order valence-corrected chi connectivity index (χ4v) is 3.72. The highest BCUT2D eigenvalue weighted by molar-refractivity contribution is 5.48. The average molecular weight is 231 g/mol. The molecule has 2 N–H and O–H groups in total. The number of ether oxygens (including phenoxy) is 1. The van der Waals surface area contributed by atoms with Crippen LogP contribution in [0, 0.1) is 0 Å². The topological polar surface area (TPSA) is 35.2 Å². The van der Waals surface area contributed by atoms with Crippen LogP contribution < -0.4 is 10.5 Å². The Morgan fingerprint density at radius 2 is 2.24 bits per heavy atom. The van der Waals surface area contributed by atoms with Gasteiger partial charge in [-0.15, -0.1) is 0 Å². The maximum absolute atomic E-state index is 5.75. The van der Waals surface area contributed by atoms with Gasteiger partial charge in [-0.25, -0.2) is 0 Å². The van der Waals surface area contributed by atoms with E-state index in [0.29, 0.717) is 11.3 Å². The average Bonchev–Trinajstić information content (AvgIpc) is 2.64. The van der Waals surface area contributed by atoms with Crippen molar-refractivity contribution in [1.82, 2.24) is 0 Å². The first-order valence-electron chi connectivity index (χ1n) is 6.67. The molecule has 0 bridgehead atoms. The molecule has 2 aliphatic carbocycles. The molecule has 92 valence electrons. The first-order valence-corrected chi connectivity index (χ1v) is 6.67. The highest BCUT2D eigenvalue weighted by Crippen LogP contribution is 2.57. The predicted octanol–water partition coefficient (Wildman–Crippen LogP) is 2.95. The standard InChI is InChI=1S/C15H21NO/c1-17-12-3-4-14-13(9-12)11(5-8-16)10-15(14)6-2-7-15/h3-4,9,11H,2,5-8,10,16H2,1H3. The van der Waals surface area contributed by atoms with Crippen molar-refractivity contribution in [2.24, 2.45) is 5.73 Å². The van der Waals surface area contributed by atoms with E-state index in [1.54, 1.807) is 12.7 Å². The maximum atomic E-state index is 5.75. The molecule has 0 amide bonds. The second kappa shape index (κ2) is 4.02. The van der Waals surface area contributed by atoms with Crippen LogP contribution in [-0.4, -0.2) is 13.7 Å². The molecule has 0 heterocycles. The van der Waals surface area contributed by atoms with Crippen molar-refractivity contribution in [3.8, 4) is 5.75 Å². The predicted molar refractivity (Wildman–Crippen MR) is 69.6 cm³/mol. The van der Waals surface area contributed by atoms with Crippen molar-refractivity contribution in [3.63, 3.8) is 0 Å². The van der Waals surface area contributed by atoms with Gasteiger partial charge in [0.25, 0.3) is 0 Å². The van der Waals surface area contributed by atoms with Gasteiger partial charge in [-0.3, -0.25) is 0 Å². The van der Waals surface area contributed by atoms with Crippen molar-refractivity contribution >= 4 is 0 Å². The molecule has 17 heavy (non-hydrogen) atoms. The number of hydrogen-bond acceptors (Lipinski definition) is 2. The number of methoxy groups -OCH3 is 1. The molecule has 0 saturated heterocycles. The number of rotatable bonds is 3. The summed E-state index contributed by atoms with van der Waals surface area (Å²) in [5, 5.41) is 0. The number of nitrogens with two attached hydrogens (primary N) is 1. The van der Waals surface area contributed by atoms with Crippen LogP contribution in [0.4, 0.5) is 0 Å². The minimum Gasteiger partial charge on any atom is -0.497 e. The van der Waals surface area contributed by atoms with E-state index in [2.05, 4.69) is 18.2 Å². The van der Waals surface area contributed by atoms with Gasteiger partial charge in [-0.1, -0.05) is 12.5 Å². The first kappa shape index (κ1) is 11.1. The highest BCUT2D eigenvalue weighted by atomic mass is 16.5. The molecule has 1 atom stereocenters. The third-order valence-corrected chi connectivity index (χ3v) is 4.73. The lowest BCUT2D eigenvalue weighted by Crippen LogP contribution is -2.31. The van der Waals surface area contributed by atoms with E-state index >= 15 is 0 Å². The van der Waals surface area contributed by atoms with Crippen LogP contribution in [0.3, 0.4) is 0 Å². The Labute approximate surface area is 103 Å². The summed E-state index contributed by atoms with van der Waals surface area (Å²) < 4.78 is 5.35. The molecule has 1 spiro atoms. The lowest BCUT2D eigenvalue weighted by molar-refractivity contribution is 0.231. The summed E-state index contributed by atoms with van der Waals surface area (Å²) in [6, 6.07) is 6.65. The molecule has 2 heteroatoms. The molecule has 2 nitrogen and oxygen atoms in total. The highest BCUT2D eigenvalue weighted by Gasteiger charge is 2.47. The molecule has 1 fully saturated rings. The van der Waals surface area contributed by atoms with E-state index in [4.69, 9.17) is 10.5 Å². The molecule has 3 rings (SSSR count). The lowest BCUT2D eigenvalue weighted by atomic mass is 9.65. The van der Waals surface area contributed by atoms with Gasteiger partial charge in [0.05, 0.1) is 7.11 Å². The molecular weight excluding hydrogens is 210 g/mol. The lowest BCUT2D eigenvalue weighted by Gasteiger charge is -2.39. The second-order valence-corrected chi connectivity index (χ2v) is 5.57. The molecule has 0 aromatic heterocycles. The van der Waals surface area contributed by atoms with Gasteiger partial charge < -0.3 is 10.5 Å². The molecule has 1 aromatic rings. The fourth-order valence-electron chi connectivity index (χ4n) is 3.72. The van der Waals surface area contributed by atoms with Crippen molar-refractivity contribution < 1.29 is 4.74 Å². The molecule has 1 unspecified atom stereocenters.